The number of fused-ring (bicyclic) bond motifs is 1. The molecule has 0 radical (unpaired) electrons. The van der Waals surface area contributed by atoms with Gasteiger partial charge >= 0.3 is 0 Å². The van der Waals surface area contributed by atoms with Gasteiger partial charge in [-0.25, -0.2) is 4.98 Å². The van der Waals surface area contributed by atoms with Crippen molar-refractivity contribution in [2.75, 3.05) is 0 Å². The van der Waals surface area contributed by atoms with Gasteiger partial charge in [-0.2, -0.15) is 0 Å². The molecule has 6 nitrogen and oxygen atoms in total. The highest BCUT2D eigenvalue weighted by molar-refractivity contribution is 5.98. The molecule has 0 aliphatic carbocycles. The van der Waals surface area contributed by atoms with Gasteiger partial charge in [-0.3, -0.25) is 9.59 Å². The van der Waals surface area contributed by atoms with E-state index in [1.54, 1.807) is 44.4 Å². The van der Waals surface area contributed by atoms with E-state index in [2.05, 4.69) is 9.97 Å². The van der Waals surface area contributed by atoms with E-state index in [0.29, 0.717) is 16.8 Å². The van der Waals surface area contributed by atoms with Crippen LogP contribution >= 0.6 is 0 Å². The molecular weight excluding hydrogens is 342 g/mol. The third-order valence-corrected chi connectivity index (χ3v) is 4.38. The van der Waals surface area contributed by atoms with Gasteiger partial charge in [-0.1, -0.05) is 12.1 Å². The second-order valence-corrected chi connectivity index (χ2v) is 6.98. The maximum atomic E-state index is 12.1. The number of carbonyl (C=O) groups excluding carboxylic acids is 2. The van der Waals surface area contributed by atoms with E-state index in [1.807, 2.05) is 12.1 Å². The fourth-order valence-electron chi connectivity index (χ4n) is 3.04. The van der Waals surface area contributed by atoms with Crippen molar-refractivity contribution in [2.24, 2.45) is 5.73 Å². The predicted molar refractivity (Wildman–Crippen MR) is 105 cm³/mol. The molecule has 1 aromatic carbocycles. The summed E-state index contributed by atoms with van der Waals surface area (Å²) >= 11 is 0. The minimum absolute atomic E-state index is 0.116. The Morgan fingerprint density at radius 2 is 1.96 bits per heavy atom. The fraction of sp³-hybridized carbons (Fsp3) is 0.190. The molecular formula is C21H21N3O3. The van der Waals surface area contributed by atoms with Crippen LogP contribution in [0.4, 0.5) is 0 Å². The van der Waals surface area contributed by atoms with Crippen LogP contribution in [0.2, 0.25) is 0 Å². The molecule has 0 fully saturated rings. The normalized spacial score (nSPS) is 12.0. The molecule has 0 aliphatic heterocycles. The van der Waals surface area contributed by atoms with Crippen LogP contribution in [0.15, 0.2) is 42.7 Å². The third-order valence-electron chi connectivity index (χ3n) is 4.38. The summed E-state index contributed by atoms with van der Waals surface area (Å²) in [4.78, 5) is 30.5. The van der Waals surface area contributed by atoms with Gasteiger partial charge in [0.1, 0.15) is 5.65 Å². The molecule has 2 aromatic heterocycles. The van der Waals surface area contributed by atoms with Crippen LogP contribution in [0.3, 0.4) is 0 Å². The van der Waals surface area contributed by atoms with Crippen molar-refractivity contribution >= 4 is 28.8 Å². The SMILES string of the molecule is CC(=O)c1cc(-c2cnc3[nH]cc(/C=C/C(N)=O)c3c2)ccc1C(C)(C)O. The first-order valence-corrected chi connectivity index (χ1v) is 8.49. The number of aromatic nitrogens is 2. The number of carbonyl (C=O) groups is 2. The number of amides is 1. The van der Waals surface area contributed by atoms with E-state index in [-0.39, 0.29) is 5.78 Å². The van der Waals surface area contributed by atoms with Crippen molar-refractivity contribution in [3.05, 3.63) is 59.4 Å². The highest BCUT2D eigenvalue weighted by Gasteiger charge is 2.22. The smallest absolute Gasteiger partial charge is 0.241 e. The second kappa shape index (κ2) is 6.81. The van der Waals surface area contributed by atoms with Crippen LogP contribution in [0, 0.1) is 0 Å². The van der Waals surface area contributed by atoms with Crippen LogP contribution in [-0.2, 0) is 10.4 Å². The Morgan fingerprint density at radius 3 is 2.59 bits per heavy atom. The lowest BCUT2D eigenvalue weighted by molar-refractivity contribution is -0.113. The number of primary amides is 1. The van der Waals surface area contributed by atoms with Gasteiger partial charge < -0.3 is 15.8 Å². The number of ketones is 1. The lowest BCUT2D eigenvalue weighted by atomic mass is 9.89. The van der Waals surface area contributed by atoms with E-state index >= 15 is 0 Å². The van der Waals surface area contributed by atoms with Crippen molar-refractivity contribution in [1.82, 2.24) is 9.97 Å². The van der Waals surface area contributed by atoms with E-state index in [1.165, 1.54) is 13.0 Å². The second-order valence-electron chi connectivity index (χ2n) is 6.98. The molecule has 2 heterocycles. The molecule has 0 saturated heterocycles. The predicted octanol–water partition coefficient (Wildman–Crippen LogP) is 3.16. The molecule has 1 amide bonds. The molecule has 27 heavy (non-hydrogen) atoms. The molecule has 3 rings (SSSR count). The Kier molecular flexibility index (Phi) is 4.68. The van der Waals surface area contributed by atoms with E-state index in [4.69, 9.17) is 5.73 Å². The molecule has 3 aromatic rings. The summed E-state index contributed by atoms with van der Waals surface area (Å²) in [6, 6.07) is 7.32. The standard InChI is InChI=1S/C21H21N3O3/c1-12(25)16-8-13(4-6-18(16)21(2,3)27)15-9-17-14(5-7-19(22)26)10-23-20(17)24-11-15/h4-11,27H,1-3H3,(H2,22,26)(H,23,24)/b7-5+. The number of nitrogens with zero attached hydrogens (tertiary/aromatic N) is 1. The molecule has 138 valence electrons. The highest BCUT2D eigenvalue weighted by atomic mass is 16.3. The van der Waals surface area contributed by atoms with Crippen molar-refractivity contribution < 1.29 is 14.7 Å². The number of aromatic amines is 1. The number of hydrogen-bond acceptors (Lipinski definition) is 4. The minimum atomic E-state index is -1.12. The lowest BCUT2D eigenvalue weighted by Crippen LogP contribution is -2.19. The Hall–Kier alpha value is -3.25. The molecule has 6 heteroatoms. The first kappa shape index (κ1) is 18.5. The number of nitrogens with two attached hydrogens (primary N) is 1. The molecule has 0 saturated carbocycles. The number of rotatable bonds is 5. The van der Waals surface area contributed by atoms with Gasteiger partial charge in [-0.05, 0) is 50.1 Å². The molecule has 0 spiro atoms. The summed E-state index contributed by atoms with van der Waals surface area (Å²) in [5, 5.41) is 11.2. The van der Waals surface area contributed by atoms with Gasteiger partial charge in [0.05, 0.1) is 5.60 Å². The molecule has 0 unspecified atom stereocenters. The third kappa shape index (κ3) is 3.80. The van der Waals surface area contributed by atoms with Gasteiger partial charge in [-0.15, -0.1) is 0 Å². The average Bonchev–Trinajstić information content (AvgIpc) is 3.00. The molecule has 0 bridgehead atoms. The quantitative estimate of drug-likeness (QED) is 0.478. The highest BCUT2D eigenvalue weighted by Crippen LogP contribution is 2.30. The zero-order valence-corrected chi connectivity index (χ0v) is 15.4. The van der Waals surface area contributed by atoms with Crippen molar-refractivity contribution in [2.45, 2.75) is 26.4 Å². The Balaban J connectivity index is 2.12. The Labute approximate surface area is 156 Å². The van der Waals surface area contributed by atoms with Gasteiger partial charge in [0.25, 0.3) is 0 Å². The summed E-state index contributed by atoms with van der Waals surface area (Å²) in [6.07, 6.45) is 6.38. The Bertz CT molecular complexity index is 1070. The van der Waals surface area contributed by atoms with Crippen molar-refractivity contribution in [3.8, 4) is 11.1 Å². The number of H-pyrrole nitrogens is 1. The first-order chi connectivity index (χ1) is 12.7. The van der Waals surface area contributed by atoms with E-state index in [0.717, 1.165) is 22.1 Å². The minimum Gasteiger partial charge on any atom is -0.386 e. The topological polar surface area (TPSA) is 109 Å². The largest absolute Gasteiger partial charge is 0.386 e. The van der Waals surface area contributed by atoms with E-state index in [9.17, 15) is 14.7 Å². The van der Waals surface area contributed by atoms with Crippen molar-refractivity contribution in [1.29, 1.82) is 0 Å². The summed E-state index contributed by atoms with van der Waals surface area (Å²) in [6.45, 7) is 4.78. The Morgan fingerprint density at radius 1 is 1.22 bits per heavy atom. The average molecular weight is 363 g/mol. The molecule has 4 N–H and O–H groups in total. The lowest BCUT2D eigenvalue weighted by Gasteiger charge is -2.21. The van der Waals surface area contributed by atoms with Crippen molar-refractivity contribution in [3.63, 3.8) is 0 Å². The molecule has 0 aliphatic rings. The summed E-state index contributed by atoms with van der Waals surface area (Å²) in [7, 11) is 0. The maximum absolute atomic E-state index is 12.1. The molecule has 0 atom stereocenters. The summed E-state index contributed by atoms with van der Waals surface area (Å²) < 4.78 is 0. The van der Waals surface area contributed by atoms with Gasteiger partial charge in [0.15, 0.2) is 5.78 Å². The van der Waals surface area contributed by atoms with E-state index < -0.39 is 11.5 Å². The van der Waals surface area contributed by atoms with Crippen LogP contribution in [0.5, 0.6) is 0 Å². The maximum Gasteiger partial charge on any atom is 0.241 e. The fourth-order valence-corrected chi connectivity index (χ4v) is 3.04. The monoisotopic (exact) mass is 363 g/mol. The summed E-state index contributed by atoms with van der Waals surface area (Å²) in [5.41, 5.74) is 8.21. The number of Topliss-reactive ketones (excluding diaryl/α,β-unsaturated/α-hetero) is 1. The first-order valence-electron chi connectivity index (χ1n) is 8.49. The van der Waals surface area contributed by atoms with Crippen LogP contribution in [0.25, 0.3) is 28.2 Å². The zero-order valence-electron chi connectivity index (χ0n) is 15.4. The number of nitrogens with one attached hydrogen (secondary N) is 1. The van der Waals surface area contributed by atoms with Crippen LogP contribution < -0.4 is 5.73 Å². The number of benzene rings is 1. The number of aliphatic hydroxyl groups is 1. The van der Waals surface area contributed by atoms with Crippen LogP contribution in [-0.4, -0.2) is 26.8 Å². The zero-order chi connectivity index (χ0) is 19.8. The van der Waals surface area contributed by atoms with Gasteiger partial charge in [0, 0.05) is 40.5 Å². The van der Waals surface area contributed by atoms with Gasteiger partial charge in [0.2, 0.25) is 5.91 Å². The number of hydrogen-bond donors (Lipinski definition) is 3. The summed E-state index contributed by atoms with van der Waals surface area (Å²) in [5.74, 6) is -0.642. The van der Waals surface area contributed by atoms with Crippen LogP contribution in [0.1, 0.15) is 42.3 Å². The number of pyridine rings is 1.